The molecule has 0 bridgehead atoms. The standard InChI is InChI=1S/C24H32N2O3S/c1-5-22(24(28)25-18(2)3)26(15-19-9-7-6-8-10-19)23(27)17-30-16-20-11-13-21(29-4)14-12-20/h6-14,18,22H,5,15-17H2,1-4H3,(H,25,28)/t22-/m0/s1. The second-order valence-electron chi connectivity index (χ2n) is 7.44. The number of benzene rings is 2. The van der Waals surface area contributed by atoms with Crippen molar-refractivity contribution < 1.29 is 14.3 Å². The summed E-state index contributed by atoms with van der Waals surface area (Å²) in [6, 6.07) is 17.2. The minimum Gasteiger partial charge on any atom is -0.497 e. The molecule has 0 fully saturated rings. The van der Waals surface area contributed by atoms with Crippen LogP contribution in [0, 0.1) is 0 Å². The molecule has 1 N–H and O–H groups in total. The number of nitrogens with zero attached hydrogens (tertiary/aromatic N) is 1. The van der Waals surface area contributed by atoms with Crippen molar-refractivity contribution in [3.63, 3.8) is 0 Å². The summed E-state index contributed by atoms with van der Waals surface area (Å²) in [6.45, 7) is 6.23. The Morgan fingerprint density at radius 3 is 2.27 bits per heavy atom. The molecule has 5 nitrogen and oxygen atoms in total. The van der Waals surface area contributed by atoms with E-state index in [0.717, 1.165) is 22.6 Å². The maximum atomic E-state index is 13.1. The fraction of sp³-hybridized carbons (Fsp3) is 0.417. The quantitative estimate of drug-likeness (QED) is 0.581. The molecule has 6 heteroatoms. The summed E-state index contributed by atoms with van der Waals surface area (Å²) >= 11 is 1.56. The van der Waals surface area contributed by atoms with E-state index in [-0.39, 0.29) is 17.9 Å². The second kappa shape index (κ2) is 12.3. The zero-order chi connectivity index (χ0) is 21.9. The molecule has 1 atom stereocenters. The third-order valence-corrected chi connectivity index (χ3v) is 5.65. The van der Waals surface area contributed by atoms with E-state index in [0.29, 0.717) is 18.7 Å². The SMILES string of the molecule is CC[C@@H](C(=O)NC(C)C)N(Cc1ccccc1)C(=O)CSCc1ccc(OC)cc1. The number of hydrogen-bond donors (Lipinski definition) is 1. The Balaban J connectivity index is 2.07. The molecule has 0 aliphatic heterocycles. The summed E-state index contributed by atoms with van der Waals surface area (Å²) < 4.78 is 5.18. The number of methoxy groups -OCH3 is 1. The second-order valence-corrected chi connectivity index (χ2v) is 8.42. The van der Waals surface area contributed by atoms with Gasteiger partial charge >= 0.3 is 0 Å². The lowest BCUT2D eigenvalue weighted by Crippen LogP contribution is -2.50. The summed E-state index contributed by atoms with van der Waals surface area (Å²) in [6.07, 6.45) is 0.570. The first-order valence-electron chi connectivity index (χ1n) is 10.3. The van der Waals surface area contributed by atoms with Crippen molar-refractivity contribution in [3.8, 4) is 5.75 Å². The van der Waals surface area contributed by atoms with Crippen LogP contribution in [0.5, 0.6) is 5.75 Å². The van der Waals surface area contributed by atoms with Gasteiger partial charge in [-0.3, -0.25) is 9.59 Å². The highest BCUT2D eigenvalue weighted by Gasteiger charge is 2.28. The van der Waals surface area contributed by atoms with E-state index < -0.39 is 6.04 Å². The molecule has 0 heterocycles. The van der Waals surface area contributed by atoms with Crippen LogP contribution in [0.3, 0.4) is 0 Å². The van der Waals surface area contributed by atoms with E-state index in [2.05, 4.69) is 5.32 Å². The third-order valence-electron chi connectivity index (χ3n) is 4.67. The average molecular weight is 429 g/mol. The van der Waals surface area contributed by atoms with Crippen LogP contribution < -0.4 is 10.1 Å². The van der Waals surface area contributed by atoms with Gasteiger partial charge in [0.05, 0.1) is 12.9 Å². The Morgan fingerprint density at radius 1 is 1.03 bits per heavy atom. The zero-order valence-corrected chi connectivity index (χ0v) is 19.1. The predicted molar refractivity (Wildman–Crippen MR) is 124 cm³/mol. The summed E-state index contributed by atoms with van der Waals surface area (Å²) in [7, 11) is 1.64. The van der Waals surface area contributed by atoms with Gasteiger partial charge in [-0.2, -0.15) is 0 Å². The Kier molecular flexibility index (Phi) is 9.74. The fourth-order valence-corrected chi connectivity index (χ4v) is 4.01. The minimum absolute atomic E-state index is 0.0249. The first-order valence-corrected chi connectivity index (χ1v) is 11.4. The van der Waals surface area contributed by atoms with Crippen LogP contribution in [-0.4, -0.2) is 41.7 Å². The lowest BCUT2D eigenvalue weighted by Gasteiger charge is -2.31. The molecule has 0 aliphatic rings. The molecule has 0 saturated heterocycles. The molecule has 2 aromatic rings. The number of nitrogens with one attached hydrogen (secondary N) is 1. The van der Waals surface area contributed by atoms with E-state index in [4.69, 9.17) is 4.74 Å². The topological polar surface area (TPSA) is 58.6 Å². The maximum Gasteiger partial charge on any atom is 0.243 e. The predicted octanol–water partition coefficient (Wildman–Crippen LogP) is 4.26. The van der Waals surface area contributed by atoms with Gasteiger partial charge in [-0.1, -0.05) is 49.4 Å². The highest BCUT2D eigenvalue weighted by atomic mass is 32.2. The molecule has 0 radical (unpaired) electrons. The van der Waals surface area contributed by atoms with Crippen molar-refractivity contribution >= 4 is 23.6 Å². The molecule has 0 unspecified atom stereocenters. The number of carbonyl (C=O) groups excluding carboxylic acids is 2. The van der Waals surface area contributed by atoms with Crippen LogP contribution in [0.1, 0.15) is 38.3 Å². The van der Waals surface area contributed by atoms with Crippen molar-refractivity contribution in [1.82, 2.24) is 10.2 Å². The molecule has 0 saturated carbocycles. The Labute approximate surface area is 184 Å². The summed E-state index contributed by atoms with van der Waals surface area (Å²) in [5, 5.41) is 2.96. The first kappa shape index (κ1) is 23.8. The third kappa shape index (κ3) is 7.41. The smallest absolute Gasteiger partial charge is 0.243 e. The van der Waals surface area contributed by atoms with Crippen LogP contribution >= 0.6 is 11.8 Å². The molecule has 2 amide bonds. The summed E-state index contributed by atoms with van der Waals surface area (Å²) in [4.78, 5) is 27.6. The van der Waals surface area contributed by atoms with Crippen molar-refractivity contribution in [3.05, 3.63) is 65.7 Å². The number of ether oxygens (including phenoxy) is 1. The number of rotatable bonds is 11. The van der Waals surface area contributed by atoms with Gasteiger partial charge in [0.2, 0.25) is 11.8 Å². The number of hydrogen-bond acceptors (Lipinski definition) is 4. The highest BCUT2D eigenvalue weighted by Crippen LogP contribution is 2.19. The van der Waals surface area contributed by atoms with Crippen LogP contribution in [0.2, 0.25) is 0 Å². The van der Waals surface area contributed by atoms with Gasteiger partial charge in [0.25, 0.3) is 0 Å². The fourth-order valence-electron chi connectivity index (χ4n) is 3.14. The molecular weight excluding hydrogens is 396 g/mol. The van der Waals surface area contributed by atoms with Crippen molar-refractivity contribution in [2.45, 2.75) is 51.6 Å². The maximum absolute atomic E-state index is 13.1. The molecule has 0 spiro atoms. The number of thioether (sulfide) groups is 1. The summed E-state index contributed by atoms with van der Waals surface area (Å²) in [5.41, 5.74) is 2.15. The monoisotopic (exact) mass is 428 g/mol. The van der Waals surface area contributed by atoms with Crippen LogP contribution in [0.25, 0.3) is 0 Å². The normalized spacial score (nSPS) is 11.8. The molecule has 2 rings (SSSR count). The van der Waals surface area contributed by atoms with Crippen LogP contribution in [0.15, 0.2) is 54.6 Å². The lowest BCUT2D eigenvalue weighted by atomic mass is 10.1. The van der Waals surface area contributed by atoms with Crippen LogP contribution in [0.4, 0.5) is 0 Å². The zero-order valence-electron chi connectivity index (χ0n) is 18.3. The molecule has 162 valence electrons. The van der Waals surface area contributed by atoms with Gasteiger partial charge in [0.15, 0.2) is 0 Å². The van der Waals surface area contributed by atoms with Crippen molar-refractivity contribution in [2.24, 2.45) is 0 Å². The van der Waals surface area contributed by atoms with Crippen LogP contribution in [-0.2, 0) is 21.9 Å². The van der Waals surface area contributed by atoms with Gasteiger partial charge in [-0.15, -0.1) is 11.8 Å². The number of carbonyl (C=O) groups is 2. The molecule has 30 heavy (non-hydrogen) atoms. The van der Waals surface area contributed by atoms with E-state index in [1.54, 1.807) is 23.8 Å². The molecular formula is C24H32N2O3S. The van der Waals surface area contributed by atoms with E-state index in [1.807, 2.05) is 75.4 Å². The van der Waals surface area contributed by atoms with E-state index >= 15 is 0 Å². The summed E-state index contributed by atoms with van der Waals surface area (Å²) in [5.74, 6) is 1.74. The average Bonchev–Trinajstić information content (AvgIpc) is 2.74. The molecule has 2 aromatic carbocycles. The van der Waals surface area contributed by atoms with E-state index in [1.165, 1.54) is 0 Å². The van der Waals surface area contributed by atoms with Crippen molar-refractivity contribution in [1.29, 1.82) is 0 Å². The Morgan fingerprint density at radius 2 is 1.70 bits per heavy atom. The van der Waals surface area contributed by atoms with Gasteiger partial charge in [0.1, 0.15) is 11.8 Å². The van der Waals surface area contributed by atoms with Gasteiger partial charge in [0, 0.05) is 18.3 Å². The Hall–Kier alpha value is -2.47. The highest BCUT2D eigenvalue weighted by molar-refractivity contribution is 7.99. The van der Waals surface area contributed by atoms with Gasteiger partial charge < -0.3 is 15.0 Å². The lowest BCUT2D eigenvalue weighted by molar-refractivity contribution is -0.139. The minimum atomic E-state index is -0.485. The van der Waals surface area contributed by atoms with Crippen molar-refractivity contribution in [2.75, 3.05) is 12.9 Å². The molecule has 0 aliphatic carbocycles. The van der Waals surface area contributed by atoms with Gasteiger partial charge in [-0.25, -0.2) is 0 Å². The van der Waals surface area contributed by atoms with E-state index in [9.17, 15) is 9.59 Å². The Bertz CT molecular complexity index is 794. The molecule has 0 aromatic heterocycles. The first-order chi connectivity index (χ1) is 14.4. The number of amides is 2. The largest absolute Gasteiger partial charge is 0.497 e. The van der Waals surface area contributed by atoms with Gasteiger partial charge in [-0.05, 0) is 43.5 Å².